The summed E-state index contributed by atoms with van der Waals surface area (Å²) in [6.45, 7) is 2.26. The van der Waals surface area contributed by atoms with Crippen molar-refractivity contribution in [1.82, 2.24) is 5.06 Å². The Hall–Kier alpha value is -4.39. The van der Waals surface area contributed by atoms with Crippen molar-refractivity contribution in [3.8, 4) is 11.5 Å². The van der Waals surface area contributed by atoms with Crippen LogP contribution in [0.1, 0.15) is 23.1 Å². The van der Waals surface area contributed by atoms with E-state index >= 15 is 0 Å². The summed E-state index contributed by atoms with van der Waals surface area (Å²) in [6.07, 6.45) is 0.104. The summed E-state index contributed by atoms with van der Waals surface area (Å²) in [5.41, 5.74) is 4.17. The van der Waals surface area contributed by atoms with Gasteiger partial charge in [0.25, 0.3) is 0 Å². The van der Waals surface area contributed by atoms with Crippen molar-refractivity contribution in [3.05, 3.63) is 95.6 Å². The van der Waals surface area contributed by atoms with Gasteiger partial charge < -0.3 is 19.1 Å². The van der Waals surface area contributed by atoms with Crippen LogP contribution in [0.3, 0.4) is 0 Å². The molecule has 1 aliphatic rings. The number of hydrogen-bond acceptors (Lipinski definition) is 8. The fourth-order valence-electron chi connectivity index (χ4n) is 3.45. The van der Waals surface area contributed by atoms with E-state index in [0.717, 1.165) is 35.5 Å². The largest absolute Gasteiger partial charge is 0.489 e. The Morgan fingerprint density at radius 3 is 2.22 bits per heavy atom. The van der Waals surface area contributed by atoms with Gasteiger partial charge in [-0.2, -0.15) is 0 Å². The van der Waals surface area contributed by atoms with E-state index in [1.54, 1.807) is 12.1 Å². The minimum absolute atomic E-state index is 0.104. The summed E-state index contributed by atoms with van der Waals surface area (Å²) >= 11 is 0. The zero-order valence-corrected chi connectivity index (χ0v) is 20.9. The first-order chi connectivity index (χ1) is 18.1. The molecule has 0 aliphatic carbocycles. The zero-order valence-electron chi connectivity index (χ0n) is 20.9. The highest BCUT2D eigenvalue weighted by Crippen LogP contribution is 2.22. The van der Waals surface area contributed by atoms with Gasteiger partial charge in [-0.15, -0.1) is 5.06 Å². The summed E-state index contributed by atoms with van der Waals surface area (Å²) in [7, 11) is 3.14. The number of carbonyl (C=O) groups excluding carboxylic acids is 1. The van der Waals surface area contributed by atoms with Crippen LogP contribution in [0.5, 0.6) is 11.5 Å². The van der Waals surface area contributed by atoms with E-state index in [1.165, 1.54) is 7.11 Å². The van der Waals surface area contributed by atoms with Gasteiger partial charge in [0, 0.05) is 18.2 Å². The molecular formula is C29H29N3O5. The SMILES string of the molecule is CN=C=C(CC(=O)ON1CC1)c1ccc(OCc2ccc(OC/C(=N\OC)c3ccccc3)cc2)cc1. The van der Waals surface area contributed by atoms with Crippen molar-refractivity contribution in [1.29, 1.82) is 0 Å². The van der Waals surface area contributed by atoms with E-state index < -0.39 is 0 Å². The van der Waals surface area contributed by atoms with Gasteiger partial charge in [0.15, 0.2) is 0 Å². The molecule has 8 heteroatoms. The maximum Gasteiger partial charge on any atom is 0.330 e. The van der Waals surface area contributed by atoms with Gasteiger partial charge in [-0.25, -0.2) is 9.79 Å². The first-order valence-corrected chi connectivity index (χ1v) is 11.9. The summed E-state index contributed by atoms with van der Waals surface area (Å²) in [5, 5.41) is 5.69. The van der Waals surface area contributed by atoms with Crippen molar-refractivity contribution >= 4 is 23.1 Å². The van der Waals surface area contributed by atoms with Gasteiger partial charge in [-0.05, 0) is 41.3 Å². The molecule has 0 aromatic heterocycles. The molecule has 4 rings (SSSR count). The second-order valence-electron chi connectivity index (χ2n) is 8.22. The lowest BCUT2D eigenvalue weighted by molar-refractivity contribution is -0.164. The third-order valence-electron chi connectivity index (χ3n) is 5.42. The van der Waals surface area contributed by atoms with Crippen LogP contribution in [0.4, 0.5) is 0 Å². The number of ether oxygens (including phenoxy) is 2. The Bertz CT molecular complexity index is 1260. The summed E-state index contributed by atoms with van der Waals surface area (Å²) in [5.74, 6) is 4.01. The Balaban J connectivity index is 1.29. The van der Waals surface area contributed by atoms with Crippen molar-refractivity contribution < 1.29 is 23.9 Å². The Kier molecular flexibility index (Phi) is 9.07. The van der Waals surface area contributed by atoms with Crippen molar-refractivity contribution in [3.63, 3.8) is 0 Å². The van der Waals surface area contributed by atoms with E-state index in [9.17, 15) is 4.79 Å². The minimum Gasteiger partial charge on any atom is -0.489 e. The lowest BCUT2D eigenvalue weighted by Gasteiger charge is -2.11. The molecule has 0 saturated carbocycles. The third kappa shape index (κ3) is 8.07. The number of hydroxylamine groups is 2. The van der Waals surface area contributed by atoms with E-state index in [4.69, 9.17) is 19.1 Å². The molecular weight excluding hydrogens is 470 g/mol. The van der Waals surface area contributed by atoms with Gasteiger partial charge in [0.2, 0.25) is 0 Å². The maximum absolute atomic E-state index is 12.1. The average molecular weight is 500 g/mol. The number of carbonyl (C=O) groups is 1. The third-order valence-corrected chi connectivity index (χ3v) is 5.42. The number of aliphatic imine (C=N–C) groups is 1. The zero-order chi connectivity index (χ0) is 25.9. The van der Waals surface area contributed by atoms with Crippen LogP contribution >= 0.6 is 0 Å². The molecule has 0 spiro atoms. The minimum atomic E-state index is -0.321. The van der Waals surface area contributed by atoms with Crippen LogP contribution in [0.2, 0.25) is 0 Å². The highest BCUT2D eigenvalue weighted by Gasteiger charge is 2.23. The number of hydrogen-bond donors (Lipinski definition) is 0. The molecule has 1 aliphatic heterocycles. The standard InChI is InChI=1S/C29H29N3O5/c1-30-19-25(18-29(33)37-32-16-17-32)23-10-14-27(15-11-23)35-20-22-8-12-26(13-9-22)36-21-28(31-34-2)24-6-4-3-5-7-24/h3-15H,16-18,20-21H2,1-2H3/b31-28+. The van der Waals surface area contributed by atoms with Gasteiger partial charge in [-0.3, -0.25) is 0 Å². The fourth-order valence-corrected chi connectivity index (χ4v) is 3.45. The molecule has 0 atom stereocenters. The van der Waals surface area contributed by atoms with Gasteiger partial charge in [0.05, 0.1) is 19.5 Å². The molecule has 190 valence electrons. The summed E-state index contributed by atoms with van der Waals surface area (Å²) < 4.78 is 11.8. The fraction of sp³-hybridized carbons (Fsp3) is 0.241. The topological polar surface area (TPSA) is 81.7 Å². The molecule has 37 heavy (non-hydrogen) atoms. The maximum atomic E-state index is 12.1. The molecule has 1 saturated heterocycles. The van der Waals surface area contributed by atoms with Crippen LogP contribution in [0.15, 0.2) is 89.0 Å². The molecule has 0 unspecified atom stereocenters. The molecule has 8 nitrogen and oxygen atoms in total. The lowest BCUT2D eigenvalue weighted by atomic mass is 10.0. The van der Waals surface area contributed by atoms with Crippen LogP contribution in [0, 0.1) is 0 Å². The second kappa shape index (κ2) is 13.1. The molecule has 3 aromatic carbocycles. The predicted molar refractivity (Wildman–Crippen MR) is 142 cm³/mol. The molecule has 0 bridgehead atoms. The highest BCUT2D eigenvalue weighted by molar-refractivity contribution is 6.01. The molecule has 0 N–H and O–H groups in total. The second-order valence-corrected chi connectivity index (χ2v) is 8.22. The Morgan fingerprint density at radius 1 is 0.892 bits per heavy atom. The molecule has 0 amide bonds. The van der Waals surface area contributed by atoms with E-state index in [0.29, 0.717) is 23.6 Å². The van der Waals surface area contributed by atoms with Gasteiger partial charge in [0.1, 0.15) is 37.5 Å². The van der Waals surface area contributed by atoms with E-state index in [1.807, 2.05) is 78.9 Å². The summed E-state index contributed by atoms with van der Waals surface area (Å²) in [6, 6.07) is 25.0. The smallest absolute Gasteiger partial charge is 0.330 e. The first-order valence-electron chi connectivity index (χ1n) is 11.9. The number of rotatable bonds is 12. The van der Waals surface area contributed by atoms with Crippen molar-refractivity contribution in [2.45, 2.75) is 13.0 Å². The van der Waals surface area contributed by atoms with E-state index in [2.05, 4.69) is 16.0 Å². The van der Waals surface area contributed by atoms with Crippen LogP contribution in [-0.2, 0) is 21.1 Å². The van der Waals surface area contributed by atoms with E-state index in [-0.39, 0.29) is 19.0 Å². The highest BCUT2D eigenvalue weighted by atomic mass is 16.7. The van der Waals surface area contributed by atoms with Crippen LogP contribution in [-0.4, -0.2) is 56.5 Å². The van der Waals surface area contributed by atoms with Crippen LogP contribution < -0.4 is 9.47 Å². The quantitative estimate of drug-likeness (QED) is 0.207. The predicted octanol–water partition coefficient (Wildman–Crippen LogP) is 4.54. The average Bonchev–Trinajstić information content (AvgIpc) is 3.75. The van der Waals surface area contributed by atoms with Crippen molar-refractivity contribution in [2.75, 3.05) is 33.9 Å². The lowest BCUT2D eigenvalue weighted by Crippen LogP contribution is -2.13. The van der Waals surface area contributed by atoms with Gasteiger partial charge in [-0.1, -0.05) is 59.8 Å². The summed E-state index contributed by atoms with van der Waals surface area (Å²) in [4.78, 5) is 26.2. The van der Waals surface area contributed by atoms with Crippen molar-refractivity contribution in [2.24, 2.45) is 10.1 Å². The normalized spacial score (nSPS) is 12.8. The number of nitrogens with zero attached hydrogens (tertiary/aromatic N) is 3. The van der Waals surface area contributed by atoms with Gasteiger partial charge >= 0.3 is 5.97 Å². The molecule has 0 radical (unpaired) electrons. The molecule has 1 fully saturated rings. The number of benzene rings is 3. The molecule has 1 heterocycles. The molecule has 3 aromatic rings. The Labute approximate surface area is 216 Å². The first kappa shape index (κ1) is 25.7. The number of oxime groups is 1. The van der Waals surface area contributed by atoms with Crippen LogP contribution in [0.25, 0.3) is 5.57 Å². The Morgan fingerprint density at radius 2 is 1.57 bits per heavy atom. The monoisotopic (exact) mass is 499 g/mol.